The summed E-state index contributed by atoms with van der Waals surface area (Å²) in [4.78, 5) is 24.6. The summed E-state index contributed by atoms with van der Waals surface area (Å²) in [5.41, 5.74) is 0.760. The van der Waals surface area contributed by atoms with E-state index in [1.807, 2.05) is 0 Å². The molecule has 0 saturated heterocycles. The Hall–Kier alpha value is -2.63. The number of alkyl halides is 2. The molecule has 0 aliphatic rings. The summed E-state index contributed by atoms with van der Waals surface area (Å²) in [6, 6.07) is 10.4. The second-order valence-corrected chi connectivity index (χ2v) is 4.92. The van der Waals surface area contributed by atoms with Crippen molar-refractivity contribution in [2.45, 2.75) is 13.3 Å². The molecular formula is C17H14F3NO2. The predicted octanol–water partition coefficient (Wildman–Crippen LogP) is 3.94. The lowest BCUT2D eigenvalue weighted by atomic mass is 10.1. The lowest BCUT2D eigenvalue weighted by Crippen LogP contribution is -2.35. The van der Waals surface area contributed by atoms with Crippen LogP contribution in [0.4, 0.5) is 18.9 Å². The summed E-state index contributed by atoms with van der Waals surface area (Å²) in [5.74, 6) is -1.33. The van der Waals surface area contributed by atoms with Gasteiger partial charge in [-0.05, 0) is 43.3 Å². The number of hydrogen-bond acceptors (Lipinski definition) is 2. The van der Waals surface area contributed by atoms with Crippen molar-refractivity contribution in [2.75, 3.05) is 11.4 Å². The van der Waals surface area contributed by atoms with Crippen LogP contribution in [0.25, 0.3) is 0 Å². The van der Waals surface area contributed by atoms with Gasteiger partial charge in [-0.25, -0.2) is 13.2 Å². The summed E-state index contributed by atoms with van der Waals surface area (Å²) >= 11 is 0. The van der Waals surface area contributed by atoms with Crippen LogP contribution in [-0.4, -0.2) is 24.7 Å². The van der Waals surface area contributed by atoms with E-state index >= 15 is 0 Å². The van der Waals surface area contributed by atoms with E-state index < -0.39 is 24.7 Å². The number of anilines is 1. The summed E-state index contributed by atoms with van der Waals surface area (Å²) in [6.07, 6.45) is -2.74. The number of amides is 1. The van der Waals surface area contributed by atoms with E-state index in [0.717, 1.165) is 17.0 Å². The first-order chi connectivity index (χ1) is 10.9. The Morgan fingerprint density at radius 2 is 1.48 bits per heavy atom. The Morgan fingerprint density at radius 3 is 1.96 bits per heavy atom. The van der Waals surface area contributed by atoms with Crippen LogP contribution in [0.5, 0.6) is 0 Å². The zero-order valence-corrected chi connectivity index (χ0v) is 12.3. The molecule has 23 heavy (non-hydrogen) atoms. The Kier molecular flexibility index (Phi) is 5.16. The second-order valence-electron chi connectivity index (χ2n) is 4.92. The molecule has 0 aliphatic heterocycles. The van der Waals surface area contributed by atoms with Gasteiger partial charge in [-0.2, -0.15) is 0 Å². The zero-order chi connectivity index (χ0) is 17.0. The third kappa shape index (κ3) is 4.18. The van der Waals surface area contributed by atoms with Crippen molar-refractivity contribution in [3.8, 4) is 0 Å². The van der Waals surface area contributed by atoms with Crippen molar-refractivity contribution in [1.29, 1.82) is 0 Å². The van der Waals surface area contributed by atoms with Gasteiger partial charge in [-0.1, -0.05) is 12.1 Å². The number of nitrogens with zero attached hydrogens (tertiary/aromatic N) is 1. The molecule has 0 radical (unpaired) electrons. The molecular weight excluding hydrogens is 307 g/mol. The number of ketones is 1. The van der Waals surface area contributed by atoms with Gasteiger partial charge in [-0.3, -0.25) is 9.59 Å². The zero-order valence-electron chi connectivity index (χ0n) is 12.3. The summed E-state index contributed by atoms with van der Waals surface area (Å²) in [7, 11) is 0. The highest BCUT2D eigenvalue weighted by Crippen LogP contribution is 2.19. The number of hydrogen-bond donors (Lipinski definition) is 0. The molecule has 0 spiro atoms. The molecule has 1 amide bonds. The van der Waals surface area contributed by atoms with Gasteiger partial charge in [0, 0.05) is 16.8 Å². The van der Waals surface area contributed by atoms with Crippen molar-refractivity contribution in [2.24, 2.45) is 0 Å². The van der Waals surface area contributed by atoms with Crippen molar-refractivity contribution in [3.63, 3.8) is 0 Å². The third-order valence-corrected chi connectivity index (χ3v) is 3.24. The number of carbonyl (C=O) groups excluding carboxylic acids is 2. The van der Waals surface area contributed by atoms with Gasteiger partial charge >= 0.3 is 0 Å². The van der Waals surface area contributed by atoms with Crippen LogP contribution in [0.15, 0.2) is 48.5 Å². The summed E-state index contributed by atoms with van der Waals surface area (Å²) < 4.78 is 38.5. The van der Waals surface area contributed by atoms with Gasteiger partial charge in [0.2, 0.25) is 0 Å². The normalized spacial score (nSPS) is 10.7. The highest BCUT2D eigenvalue weighted by atomic mass is 19.3. The van der Waals surface area contributed by atoms with E-state index in [1.54, 1.807) is 0 Å². The fourth-order valence-electron chi connectivity index (χ4n) is 2.07. The maximum absolute atomic E-state index is 13.0. The largest absolute Gasteiger partial charge is 0.303 e. The van der Waals surface area contributed by atoms with Crippen LogP contribution in [0.1, 0.15) is 27.6 Å². The Labute approximate surface area is 131 Å². The minimum atomic E-state index is -2.74. The number of carbonyl (C=O) groups is 2. The Bertz CT molecular complexity index is 697. The van der Waals surface area contributed by atoms with E-state index in [2.05, 4.69) is 0 Å². The van der Waals surface area contributed by atoms with E-state index in [4.69, 9.17) is 0 Å². The molecule has 0 saturated carbocycles. The van der Waals surface area contributed by atoms with Gasteiger partial charge in [0.1, 0.15) is 5.82 Å². The maximum atomic E-state index is 13.0. The topological polar surface area (TPSA) is 37.4 Å². The predicted molar refractivity (Wildman–Crippen MR) is 80.5 cm³/mol. The molecule has 0 aromatic heterocycles. The van der Waals surface area contributed by atoms with Gasteiger partial charge in [-0.15, -0.1) is 0 Å². The average molecular weight is 321 g/mol. The van der Waals surface area contributed by atoms with E-state index in [0.29, 0.717) is 5.56 Å². The van der Waals surface area contributed by atoms with Crippen molar-refractivity contribution in [1.82, 2.24) is 0 Å². The monoisotopic (exact) mass is 321 g/mol. The van der Waals surface area contributed by atoms with Gasteiger partial charge < -0.3 is 4.90 Å². The first-order valence-corrected chi connectivity index (χ1v) is 6.85. The van der Waals surface area contributed by atoms with Crippen LogP contribution >= 0.6 is 0 Å². The molecule has 2 aromatic rings. The number of Topliss-reactive ketones (excluding diaryl/α,β-unsaturated/α-hetero) is 1. The smallest absolute Gasteiger partial charge is 0.258 e. The first-order valence-electron chi connectivity index (χ1n) is 6.85. The fourth-order valence-corrected chi connectivity index (χ4v) is 2.07. The lowest BCUT2D eigenvalue weighted by Gasteiger charge is -2.22. The fraction of sp³-hybridized carbons (Fsp3) is 0.176. The van der Waals surface area contributed by atoms with E-state index in [1.165, 1.54) is 43.3 Å². The number of rotatable bonds is 5. The van der Waals surface area contributed by atoms with Crippen LogP contribution in [0.2, 0.25) is 0 Å². The van der Waals surface area contributed by atoms with E-state index in [9.17, 15) is 22.8 Å². The van der Waals surface area contributed by atoms with Crippen molar-refractivity contribution >= 4 is 17.4 Å². The van der Waals surface area contributed by atoms with Gasteiger partial charge in [0.25, 0.3) is 12.3 Å². The molecule has 0 unspecified atom stereocenters. The quantitative estimate of drug-likeness (QED) is 0.782. The molecule has 2 rings (SSSR count). The van der Waals surface area contributed by atoms with Crippen molar-refractivity contribution in [3.05, 3.63) is 65.5 Å². The van der Waals surface area contributed by atoms with Crippen LogP contribution in [0, 0.1) is 5.82 Å². The Balaban J connectivity index is 2.32. The van der Waals surface area contributed by atoms with Crippen LogP contribution in [-0.2, 0) is 0 Å². The molecule has 0 bridgehead atoms. The highest BCUT2D eigenvalue weighted by molar-refractivity contribution is 6.06. The highest BCUT2D eigenvalue weighted by Gasteiger charge is 2.21. The molecule has 0 aliphatic carbocycles. The van der Waals surface area contributed by atoms with E-state index in [-0.39, 0.29) is 17.0 Å². The van der Waals surface area contributed by atoms with Gasteiger partial charge in [0.15, 0.2) is 5.78 Å². The standard InChI is InChI=1S/C17H14F3NO2/c1-11(22)12-2-4-13(5-3-12)17(23)21(10-16(19)20)15-8-6-14(18)7-9-15/h2-9,16H,10H2,1H3. The minimum Gasteiger partial charge on any atom is -0.303 e. The average Bonchev–Trinajstić information content (AvgIpc) is 2.53. The molecule has 0 heterocycles. The molecule has 3 nitrogen and oxygen atoms in total. The molecule has 120 valence electrons. The molecule has 6 heteroatoms. The summed E-state index contributed by atoms with van der Waals surface area (Å²) in [5, 5.41) is 0. The van der Waals surface area contributed by atoms with Crippen LogP contribution < -0.4 is 4.90 Å². The lowest BCUT2D eigenvalue weighted by molar-refractivity contribution is 0.0944. The third-order valence-electron chi connectivity index (χ3n) is 3.24. The molecule has 0 fully saturated rings. The molecule has 2 aromatic carbocycles. The maximum Gasteiger partial charge on any atom is 0.258 e. The first kappa shape index (κ1) is 16.7. The van der Waals surface area contributed by atoms with Crippen LogP contribution in [0.3, 0.4) is 0 Å². The number of benzene rings is 2. The number of halogens is 3. The molecule has 0 atom stereocenters. The van der Waals surface area contributed by atoms with Gasteiger partial charge in [0.05, 0.1) is 6.54 Å². The minimum absolute atomic E-state index is 0.160. The Morgan fingerprint density at radius 1 is 0.957 bits per heavy atom. The molecule has 0 N–H and O–H groups in total. The second kappa shape index (κ2) is 7.09. The summed E-state index contributed by atoms with van der Waals surface area (Å²) in [6.45, 7) is 0.581. The van der Waals surface area contributed by atoms with Crippen molar-refractivity contribution < 1.29 is 22.8 Å². The SMILES string of the molecule is CC(=O)c1ccc(C(=O)N(CC(F)F)c2ccc(F)cc2)cc1.